The minimum absolute atomic E-state index is 0.148. The van der Waals surface area contributed by atoms with Crippen molar-refractivity contribution in [3.05, 3.63) is 65.7 Å². The van der Waals surface area contributed by atoms with E-state index in [4.69, 9.17) is 14.5 Å². The molecule has 0 atom stereocenters. The van der Waals surface area contributed by atoms with Gasteiger partial charge in [-0.3, -0.25) is 15.0 Å². The Balaban J connectivity index is 1.82. The lowest BCUT2D eigenvalue weighted by molar-refractivity contribution is 0.223. The zero-order valence-corrected chi connectivity index (χ0v) is 20.7. The third-order valence-corrected chi connectivity index (χ3v) is 6.36. The van der Waals surface area contributed by atoms with Crippen LogP contribution in [0.15, 0.2) is 48.2 Å². The van der Waals surface area contributed by atoms with Crippen LogP contribution in [-0.2, 0) is 13.0 Å². The second kappa shape index (κ2) is 10.7. The van der Waals surface area contributed by atoms with Crippen LogP contribution in [0.4, 0.5) is 21.5 Å². The van der Waals surface area contributed by atoms with E-state index in [0.717, 1.165) is 34.6 Å². The number of hydrogen-bond donors (Lipinski definition) is 1. The number of ether oxygens (including phenoxy) is 2. The average molecular weight is 478 g/mol. The molecule has 35 heavy (non-hydrogen) atoms. The summed E-state index contributed by atoms with van der Waals surface area (Å²) < 4.78 is 26.3. The molecule has 1 aliphatic rings. The van der Waals surface area contributed by atoms with Crippen LogP contribution in [0.25, 0.3) is 6.08 Å². The van der Waals surface area contributed by atoms with Crippen molar-refractivity contribution in [3.63, 3.8) is 0 Å². The molecule has 2 aromatic carbocycles. The van der Waals surface area contributed by atoms with Gasteiger partial charge in [-0.2, -0.15) is 5.10 Å². The number of nitrogens with one attached hydrogen (secondary N) is 1. The molecule has 0 saturated carbocycles. The lowest BCUT2D eigenvalue weighted by atomic mass is 10.0. The SMILES string of the molecule is C=Cc1c(N=CCc2cn[nH]c2)ccc2c1CN(C(C)C)CCN2c1cc(OC)cc(OC)c1F. The molecular formula is C27H32FN5O2. The van der Waals surface area contributed by atoms with Crippen molar-refractivity contribution < 1.29 is 13.9 Å². The lowest BCUT2D eigenvalue weighted by Crippen LogP contribution is -2.34. The first kappa shape index (κ1) is 24.5. The molecule has 0 spiro atoms. The lowest BCUT2D eigenvalue weighted by Gasteiger charge is -2.27. The number of methoxy groups -OCH3 is 2. The van der Waals surface area contributed by atoms with Gasteiger partial charge in [0.15, 0.2) is 11.6 Å². The van der Waals surface area contributed by atoms with E-state index in [1.165, 1.54) is 7.11 Å². The molecule has 1 N–H and O–H groups in total. The molecule has 0 fully saturated rings. The molecule has 0 bridgehead atoms. The number of anilines is 2. The monoisotopic (exact) mass is 477 g/mol. The first-order valence-electron chi connectivity index (χ1n) is 11.7. The van der Waals surface area contributed by atoms with Crippen molar-refractivity contribution in [2.45, 2.75) is 32.9 Å². The standard InChI is InChI=1S/C27H32FN5O2/c1-6-21-22-17-32(18(2)3)11-12-33(25-13-20(34-4)14-26(35-5)27(25)28)24(22)8-7-23(21)29-10-9-19-15-30-31-16-19/h6-8,10,13-16,18H,1,9,11-12,17H2,2-5H3,(H,30,31). The number of aromatic amines is 1. The maximum atomic E-state index is 15.5. The van der Waals surface area contributed by atoms with E-state index in [0.29, 0.717) is 37.0 Å². The van der Waals surface area contributed by atoms with Crippen LogP contribution in [0.2, 0.25) is 0 Å². The van der Waals surface area contributed by atoms with Gasteiger partial charge < -0.3 is 14.4 Å². The first-order valence-corrected chi connectivity index (χ1v) is 11.7. The van der Waals surface area contributed by atoms with E-state index in [1.807, 2.05) is 35.5 Å². The van der Waals surface area contributed by atoms with Gasteiger partial charge in [0.1, 0.15) is 5.75 Å². The van der Waals surface area contributed by atoms with E-state index in [9.17, 15) is 0 Å². The molecule has 0 unspecified atom stereocenters. The molecule has 3 aromatic rings. The Labute approximate surface area is 205 Å². The molecule has 0 amide bonds. The van der Waals surface area contributed by atoms with E-state index in [2.05, 4.69) is 35.5 Å². The van der Waals surface area contributed by atoms with Crippen LogP contribution < -0.4 is 14.4 Å². The first-order chi connectivity index (χ1) is 17.0. The predicted octanol–water partition coefficient (Wildman–Crippen LogP) is 5.52. The number of fused-ring (bicyclic) bond motifs is 1. The zero-order chi connectivity index (χ0) is 24.9. The van der Waals surface area contributed by atoms with Gasteiger partial charge in [-0.25, -0.2) is 4.39 Å². The molecular weight excluding hydrogens is 445 g/mol. The van der Waals surface area contributed by atoms with E-state index < -0.39 is 5.82 Å². The van der Waals surface area contributed by atoms with Crippen molar-refractivity contribution in [1.29, 1.82) is 0 Å². The smallest absolute Gasteiger partial charge is 0.188 e. The summed E-state index contributed by atoms with van der Waals surface area (Å²) in [5.41, 5.74) is 5.23. The quantitative estimate of drug-likeness (QED) is 0.433. The number of aliphatic imine (C=N–C) groups is 1. The van der Waals surface area contributed by atoms with Crippen LogP contribution in [0, 0.1) is 5.82 Å². The molecule has 7 nitrogen and oxygen atoms in total. The fraction of sp³-hybridized carbons (Fsp3) is 0.333. The Hall–Kier alpha value is -3.65. The summed E-state index contributed by atoms with van der Waals surface area (Å²) in [7, 11) is 3.03. The number of H-pyrrole nitrogens is 1. The van der Waals surface area contributed by atoms with E-state index in [-0.39, 0.29) is 5.75 Å². The van der Waals surface area contributed by atoms with Crippen LogP contribution in [0.1, 0.15) is 30.5 Å². The number of benzene rings is 2. The van der Waals surface area contributed by atoms with Gasteiger partial charge in [0, 0.05) is 67.9 Å². The Morgan fingerprint density at radius 1 is 1.20 bits per heavy atom. The summed E-state index contributed by atoms with van der Waals surface area (Å²) in [4.78, 5) is 9.12. The van der Waals surface area contributed by atoms with Crippen molar-refractivity contribution in [1.82, 2.24) is 15.1 Å². The molecule has 184 valence electrons. The zero-order valence-electron chi connectivity index (χ0n) is 20.7. The predicted molar refractivity (Wildman–Crippen MR) is 139 cm³/mol. The van der Waals surface area contributed by atoms with Gasteiger partial charge >= 0.3 is 0 Å². The average Bonchev–Trinajstić information content (AvgIpc) is 3.30. The topological polar surface area (TPSA) is 66.0 Å². The molecule has 4 rings (SSSR count). The van der Waals surface area contributed by atoms with E-state index in [1.54, 1.807) is 25.4 Å². The summed E-state index contributed by atoms with van der Waals surface area (Å²) in [5, 5.41) is 6.80. The number of rotatable bonds is 8. The highest BCUT2D eigenvalue weighted by Gasteiger charge is 2.28. The third kappa shape index (κ3) is 5.07. The Morgan fingerprint density at radius 2 is 2.03 bits per heavy atom. The Morgan fingerprint density at radius 3 is 2.69 bits per heavy atom. The molecule has 0 saturated heterocycles. The minimum Gasteiger partial charge on any atom is -0.497 e. The maximum absolute atomic E-state index is 15.5. The minimum atomic E-state index is -0.417. The molecule has 0 aliphatic carbocycles. The molecule has 8 heteroatoms. The number of aromatic nitrogens is 2. The van der Waals surface area contributed by atoms with Gasteiger partial charge in [0.05, 0.1) is 31.8 Å². The highest BCUT2D eigenvalue weighted by Crippen LogP contribution is 2.42. The molecule has 1 aliphatic heterocycles. The van der Waals surface area contributed by atoms with Crippen molar-refractivity contribution >= 4 is 29.4 Å². The second-order valence-corrected chi connectivity index (χ2v) is 8.70. The summed E-state index contributed by atoms with van der Waals surface area (Å²) in [6.07, 6.45) is 8.03. The van der Waals surface area contributed by atoms with Crippen LogP contribution in [-0.4, -0.2) is 54.7 Å². The highest BCUT2D eigenvalue weighted by molar-refractivity contribution is 5.80. The van der Waals surface area contributed by atoms with E-state index >= 15 is 4.39 Å². The molecule has 2 heterocycles. The number of halogens is 1. The fourth-order valence-electron chi connectivity index (χ4n) is 4.38. The normalized spacial score (nSPS) is 14.3. The summed E-state index contributed by atoms with van der Waals surface area (Å²) in [5.74, 6) is 0.268. The van der Waals surface area contributed by atoms with Crippen LogP contribution in [0.5, 0.6) is 11.5 Å². The third-order valence-electron chi connectivity index (χ3n) is 6.36. The summed E-state index contributed by atoms with van der Waals surface area (Å²) >= 11 is 0. The Bertz CT molecular complexity index is 1210. The Kier molecular flexibility index (Phi) is 7.51. The molecule has 0 radical (unpaired) electrons. The van der Waals surface area contributed by atoms with Gasteiger partial charge in [-0.1, -0.05) is 12.7 Å². The highest BCUT2D eigenvalue weighted by atomic mass is 19.1. The van der Waals surface area contributed by atoms with Gasteiger partial charge in [-0.05, 0) is 37.1 Å². The van der Waals surface area contributed by atoms with Crippen molar-refractivity contribution in [2.24, 2.45) is 4.99 Å². The van der Waals surface area contributed by atoms with Crippen LogP contribution in [0.3, 0.4) is 0 Å². The molecule has 1 aromatic heterocycles. The van der Waals surface area contributed by atoms with Crippen molar-refractivity contribution in [3.8, 4) is 11.5 Å². The van der Waals surface area contributed by atoms with Gasteiger partial charge in [-0.15, -0.1) is 0 Å². The van der Waals surface area contributed by atoms with Crippen LogP contribution >= 0.6 is 0 Å². The summed E-state index contributed by atoms with van der Waals surface area (Å²) in [6.45, 7) is 10.5. The summed E-state index contributed by atoms with van der Waals surface area (Å²) in [6, 6.07) is 7.58. The van der Waals surface area contributed by atoms with Gasteiger partial charge in [0.25, 0.3) is 0 Å². The van der Waals surface area contributed by atoms with Crippen molar-refractivity contribution in [2.75, 3.05) is 32.2 Å². The number of hydrogen-bond acceptors (Lipinski definition) is 6. The largest absolute Gasteiger partial charge is 0.497 e. The van der Waals surface area contributed by atoms with Gasteiger partial charge in [0.2, 0.25) is 0 Å². The maximum Gasteiger partial charge on any atom is 0.188 e. The second-order valence-electron chi connectivity index (χ2n) is 8.70. The fourth-order valence-corrected chi connectivity index (χ4v) is 4.38. The number of nitrogens with zero attached hydrogens (tertiary/aromatic N) is 4.